The predicted molar refractivity (Wildman–Crippen MR) is 126 cm³/mol. The molecular formula is C25H32O13. The number of methoxy groups -OCH3 is 1. The Labute approximate surface area is 218 Å². The van der Waals surface area contributed by atoms with Gasteiger partial charge in [0.2, 0.25) is 6.29 Å². The zero-order chi connectivity index (χ0) is 27.8. The van der Waals surface area contributed by atoms with Crippen molar-refractivity contribution in [3.63, 3.8) is 0 Å². The number of carbonyl (C=O) groups excluding carboxylic acids is 2. The fourth-order valence-electron chi connectivity index (χ4n) is 4.10. The molecule has 0 radical (unpaired) electrons. The maximum absolute atomic E-state index is 12.7. The second-order valence-electron chi connectivity index (χ2n) is 8.65. The summed E-state index contributed by atoms with van der Waals surface area (Å²) in [5.74, 6) is -2.39. The third kappa shape index (κ3) is 7.08. The molecule has 0 spiro atoms. The zero-order valence-electron chi connectivity index (χ0n) is 20.6. The number of phenolic OH excluding ortho intramolecular Hbond substituents is 1. The van der Waals surface area contributed by atoms with Gasteiger partial charge in [0.05, 0.1) is 45.2 Å². The largest absolute Gasteiger partial charge is 0.508 e. The van der Waals surface area contributed by atoms with E-state index in [9.17, 15) is 40.2 Å². The van der Waals surface area contributed by atoms with E-state index in [4.69, 9.17) is 23.7 Å². The maximum atomic E-state index is 12.7. The molecule has 0 aliphatic carbocycles. The second-order valence-corrected chi connectivity index (χ2v) is 8.65. The molecule has 210 valence electrons. The van der Waals surface area contributed by atoms with E-state index in [1.54, 1.807) is 12.1 Å². The summed E-state index contributed by atoms with van der Waals surface area (Å²) in [6.45, 7) is -1.19. The van der Waals surface area contributed by atoms with Crippen molar-refractivity contribution < 1.29 is 63.9 Å². The van der Waals surface area contributed by atoms with Gasteiger partial charge in [-0.2, -0.15) is 0 Å². The Balaban J connectivity index is 1.75. The lowest BCUT2D eigenvalue weighted by Crippen LogP contribution is -2.60. The lowest BCUT2D eigenvalue weighted by molar-refractivity contribution is -0.327. The Kier molecular flexibility index (Phi) is 10.6. The minimum absolute atomic E-state index is 0.0218. The molecule has 7 atom stereocenters. The number of esters is 2. The monoisotopic (exact) mass is 540 g/mol. The van der Waals surface area contributed by atoms with Crippen LogP contribution in [0.3, 0.4) is 0 Å². The summed E-state index contributed by atoms with van der Waals surface area (Å²) in [4.78, 5) is 25.1. The number of phenols is 1. The first-order chi connectivity index (χ1) is 18.2. The maximum Gasteiger partial charge on any atom is 0.337 e. The van der Waals surface area contributed by atoms with Crippen LogP contribution in [0.5, 0.6) is 5.75 Å². The lowest BCUT2D eigenvalue weighted by Gasteiger charge is -2.41. The van der Waals surface area contributed by atoms with Crippen LogP contribution >= 0.6 is 0 Å². The number of benzene rings is 1. The van der Waals surface area contributed by atoms with Gasteiger partial charge in [-0.1, -0.05) is 18.2 Å². The third-order valence-electron chi connectivity index (χ3n) is 6.18. The number of carbonyl (C=O) groups is 2. The summed E-state index contributed by atoms with van der Waals surface area (Å²) in [5.41, 5.74) is 0.879. The van der Waals surface area contributed by atoms with E-state index in [0.717, 1.165) is 18.9 Å². The number of aliphatic hydroxyl groups excluding tert-OH is 5. The van der Waals surface area contributed by atoms with Gasteiger partial charge in [0.1, 0.15) is 30.2 Å². The van der Waals surface area contributed by atoms with Gasteiger partial charge in [-0.05, 0) is 17.7 Å². The molecule has 1 fully saturated rings. The minimum Gasteiger partial charge on any atom is -0.508 e. The van der Waals surface area contributed by atoms with E-state index >= 15 is 0 Å². The first-order valence-corrected chi connectivity index (χ1v) is 11.8. The Hall–Kier alpha value is -3.04. The van der Waals surface area contributed by atoms with Gasteiger partial charge >= 0.3 is 11.9 Å². The molecule has 1 saturated heterocycles. The van der Waals surface area contributed by atoms with Crippen molar-refractivity contribution >= 4 is 11.9 Å². The molecule has 6 N–H and O–H groups in total. The molecule has 3 rings (SSSR count). The SMILES string of the molecule is COC(=O)C1=CO[C@@H](O[C@@H]2O[C@H](CO)[C@@H](O)[C@@H](O)[C@H]2O)C(=CCO)[C@@H]1CC(=O)OCCc1ccc(O)cc1. The van der Waals surface area contributed by atoms with Crippen LogP contribution in [0.2, 0.25) is 0 Å². The van der Waals surface area contributed by atoms with Gasteiger partial charge in [0.25, 0.3) is 0 Å². The Morgan fingerprint density at radius 2 is 1.76 bits per heavy atom. The van der Waals surface area contributed by atoms with E-state index in [1.165, 1.54) is 18.2 Å². The van der Waals surface area contributed by atoms with E-state index in [2.05, 4.69) is 0 Å². The molecule has 0 unspecified atom stereocenters. The molecule has 2 aliphatic rings. The van der Waals surface area contributed by atoms with Crippen molar-refractivity contribution in [3.8, 4) is 5.75 Å². The van der Waals surface area contributed by atoms with Crippen molar-refractivity contribution in [1.29, 1.82) is 0 Å². The quantitative estimate of drug-likeness (QED) is 0.150. The van der Waals surface area contributed by atoms with Crippen LogP contribution in [0, 0.1) is 5.92 Å². The van der Waals surface area contributed by atoms with E-state index in [-0.39, 0.29) is 29.9 Å². The topological polar surface area (TPSA) is 202 Å². The minimum atomic E-state index is -1.74. The predicted octanol–water partition coefficient (Wildman–Crippen LogP) is -1.37. The van der Waals surface area contributed by atoms with Crippen molar-refractivity contribution in [3.05, 3.63) is 53.3 Å². The molecule has 2 heterocycles. The molecule has 2 aliphatic heterocycles. The Bertz CT molecular complexity index is 1000. The molecule has 1 aromatic carbocycles. The summed E-state index contributed by atoms with van der Waals surface area (Å²) >= 11 is 0. The molecule has 13 nitrogen and oxygen atoms in total. The van der Waals surface area contributed by atoms with E-state index in [0.29, 0.717) is 6.42 Å². The van der Waals surface area contributed by atoms with E-state index < -0.39 is 68.1 Å². The molecule has 0 aromatic heterocycles. The normalized spacial score (nSPS) is 30.3. The average molecular weight is 541 g/mol. The van der Waals surface area contributed by atoms with Crippen LogP contribution < -0.4 is 0 Å². The van der Waals surface area contributed by atoms with Gasteiger partial charge in [0, 0.05) is 17.9 Å². The highest BCUT2D eigenvalue weighted by atomic mass is 16.8. The summed E-state index contributed by atoms with van der Waals surface area (Å²) in [5, 5.41) is 58.8. The summed E-state index contributed by atoms with van der Waals surface area (Å²) in [6.07, 6.45) is -6.99. The fraction of sp³-hybridized carbons (Fsp3) is 0.520. The standard InChI is InChI=1S/C25H32O13/c1-34-23(33)17-12-36-24(38-25-22(32)21(31)20(30)18(11-27)37-25)15(6-8-26)16(17)10-19(29)35-9-7-13-2-4-14(28)5-3-13/h2-6,12,16,18,20-22,24-28,30-32H,7-11H2,1H3/t16-,18+,20+,21+,22+,24-,25-/m0/s1. The fourth-order valence-corrected chi connectivity index (χ4v) is 4.10. The van der Waals surface area contributed by atoms with Crippen LogP contribution in [0.4, 0.5) is 0 Å². The summed E-state index contributed by atoms with van der Waals surface area (Å²) in [6, 6.07) is 6.38. The van der Waals surface area contributed by atoms with Crippen LogP contribution in [0.25, 0.3) is 0 Å². The van der Waals surface area contributed by atoms with Crippen LogP contribution in [0.1, 0.15) is 12.0 Å². The first kappa shape index (κ1) is 29.5. The molecule has 0 amide bonds. The lowest BCUT2D eigenvalue weighted by atomic mass is 9.86. The number of hydrogen-bond donors (Lipinski definition) is 6. The molecule has 0 saturated carbocycles. The van der Waals surface area contributed by atoms with Crippen molar-refractivity contribution in [1.82, 2.24) is 0 Å². The highest BCUT2D eigenvalue weighted by molar-refractivity contribution is 5.90. The number of aromatic hydroxyl groups is 1. The molecule has 13 heteroatoms. The average Bonchev–Trinajstić information content (AvgIpc) is 2.91. The molecule has 1 aromatic rings. The van der Waals surface area contributed by atoms with Crippen LogP contribution in [0.15, 0.2) is 47.7 Å². The summed E-state index contributed by atoms with van der Waals surface area (Å²) in [7, 11) is 1.14. The van der Waals surface area contributed by atoms with Gasteiger partial charge in [-0.25, -0.2) is 4.79 Å². The smallest absolute Gasteiger partial charge is 0.337 e. The second kappa shape index (κ2) is 13.7. The number of rotatable bonds is 10. The molecule has 38 heavy (non-hydrogen) atoms. The van der Waals surface area contributed by atoms with Crippen molar-refractivity contribution in [2.75, 3.05) is 26.9 Å². The Morgan fingerprint density at radius 3 is 2.39 bits per heavy atom. The summed E-state index contributed by atoms with van der Waals surface area (Å²) < 4.78 is 26.6. The Morgan fingerprint density at radius 1 is 1.05 bits per heavy atom. The highest BCUT2D eigenvalue weighted by Gasteiger charge is 2.47. The van der Waals surface area contributed by atoms with Gasteiger partial charge in [-0.15, -0.1) is 0 Å². The number of aliphatic hydroxyl groups is 5. The van der Waals surface area contributed by atoms with Gasteiger partial charge < -0.3 is 54.3 Å². The van der Waals surface area contributed by atoms with Crippen molar-refractivity contribution in [2.45, 2.75) is 49.8 Å². The van der Waals surface area contributed by atoms with Crippen molar-refractivity contribution in [2.24, 2.45) is 5.92 Å². The van der Waals surface area contributed by atoms with Gasteiger partial charge in [0.15, 0.2) is 6.29 Å². The number of hydrogen-bond acceptors (Lipinski definition) is 13. The first-order valence-electron chi connectivity index (χ1n) is 11.8. The van der Waals surface area contributed by atoms with E-state index in [1.807, 2.05) is 0 Å². The third-order valence-corrected chi connectivity index (χ3v) is 6.18. The molecular weight excluding hydrogens is 508 g/mol. The van der Waals surface area contributed by atoms with Crippen LogP contribution in [-0.4, -0.2) is 107 Å². The molecule has 0 bridgehead atoms. The number of ether oxygens (including phenoxy) is 5. The van der Waals surface area contributed by atoms with Gasteiger partial charge in [-0.3, -0.25) is 4.79 Å². The zero-order valence-corrected chi connectivity index (χ0v) is 20.6. The highest BCUT2D eigenvalue weighted by Crippen LogP contribution is 2.36. The van der Waals surface area contributed by atoms with Crippen LogP contribution in [-0.2, 0) is 39.7 Å².